The first-order valence-electron chi connectivity index (χ1n) is 10.4. The van der Waals surface area contributed by atoms with Crippen molar-refractivity contribution in [2.45, 2.75) is 26.2 Å². The summed E-state index contributed by atoms with van der Waals surface area (Å²) in [5.41, 5.74) is 2.01. The topological polar surface area (TPSA) is 71.5 Å². The second-order valence-electron chi connectivity index (χ2n) is 7.58. The molecule has 1 aliphatic heterocycles. The lowest BCUT2D eigenvalue weighted by Crippen LogP contribution is -2.38. The zero-order valence-electron chi connectivity index (χ0n) is 17.5. The summed E-state index contributed by atoms with van der Waals surface area (Å²) in [6.07, 6.45) is 4.92. The van der Waals surface area contributed by atoms with E-state index in [1.807, 2.05) is 54.3 Å². The number of piperidine rings is 1. The van der Waals surface area contributed by atoms with Crippen LogP contribution in [0.1, 0.15) is 34.5 Å². The van der Waals surface area contributed by atoms with Crippen molar-refractivity contribution in [2.24, 2.45) is 0 Å². The second kappa shape index (κ2) is 9.75. The van der Waals surface area contributed by atoms with Gasteiger partial charge in [-0.2, -0.15) is 0 Å². The lowest BCUT2D eigenvalue weighted by molar-refractivity contribution is -0.134. The van der Waals surface area contributed by atoms with E-state index in [0.29, 0.717) is 16.4 Å². The number of hydrogen-bond acceptors (Lipinski definition) is 5. The minimum Gasteiger partial charge on any atom is -0.482 e. The van der Waals surface area contributed by atoms with Crippen LogP contribution in [0.2, 0.25) is 0 Å². The maximum Gasteiger partial charge on any atom is 0.270 e. The van der Waals surface area contributed by atoms with E-state index in [0.717, 1.165) is 48.4 Å². The van der Waals surface area contributed by atoms with Crippen molar-refractivity contribution in [3.63, 3.8) is 0 Å². The molecule has 1 aliphatic rings. The molecule has 3 heterocycles. The molecule has 1 saturated heterocycles. The van der Waals surface area contributed by atoms with Crippen LogP contribution < -0.4 is 10.1 Å². The van der Waals surface area contributed by atoms with Gasteiger partial charge in [0.05, 0.1) is 0 Å². The highest BCUT2D eigenvalue weighted by Gasteiger charge is 2.22. The number of ether oxygens (including phenoxy) is 1. The Hall–Kier alpha value is -3.19. The van der Waals surface area contributed by atoms with Crippen molar-refractivity contribution in [3.05, 3.63) is 65.2 Å². The monoisotopic (exact) mass is 435 g/mol. The van der Waals surface area contributed by atoms with Gasteiger partial charge in [0.1, 0.15) is 16.4 Å². The van der Waals surface area contributed by atoms with E-state index in [9.17, 15) is 9.59 Å². The molecule has 1 aromatic carbocycles. The molecule has 2 aromatic heterocycles. The number of nitrogens with zero attached hydrogens (tertiary/aromatic N) is 2. The Bertz CT molecular complexity index is 1040. The van der Waals surface area contributed by atoms with Gasteiger partial charge in [0.25, 0.3) is 11.8 Å². The third-order valence-corrected chi connectivity index (χ3v) is 6.34. The number of amides is 2. The van der Waals surface area contributed by atoms with Crippen LogP contribution in [0.25, 0.3) is 10.4 Å². The maximum atomic E-state index is 13.0. The number of aromatic nitrogens is 1. The van der Waals surface area contributed by atoms with Crippen LogP contribution in [0, 0.1) is 6.92 Å². The molecule has 2 amide bonds. The number of rotatable bonds is 6. The molecule has 0 spiro atoms. The Morgan fingerprint density at radius 1 is 1.10 bits per heavy atom. The van der Waals surface area contributed by atoms with E-state index in [-0.39, 0.29) is 18.4 Å². The molecule has 6 nitrogen and oxygen atoms in total. The molecule has 0 aliphatic carbocycles. The summed E-state index contributed by atoms with van der Waals surface area (Å²) in [5.74, 6) is 0.544. The number of benzene rings is 1. The Balaban J connectivity index is 1.54. The highest BCUT2D eigenvalue weighted by Crippen LogP contribution is 2.36. The average molecular weight is 436 g/mol. The van der Waals surface area contributed by atoms with Gasteiger partial charge in [0.15, 0.2) is 6.61 Å². The zero-order chi connectivity index (χ0) is 21.6. The Morgan fingerprint density at radius 3 is 2.58 bits per heavy atom. The van der Waals surface area contributed by atoms with Crippen LogP contribution in [0.15, 0.2) is 54.7 Å². The van der Waals surface area contributed by atoms with E-state index in [1.54, 1.807) is 12.3 Å². The fraction of sp³-hybridized carbons (Fsp3) is 0.292. The standard InChI is InChI=1S/C24H25N3O3S/c1-17-10-11-21(25-15-17)26-24(29)23-19(14-20(31-23)18-8-4-2-5-9-18)30-16-22(28)27-12-6-3-7-13-27/h2,4-5,8-11,14-15H,3,6-7,12-13,16H2,1H3,(H,25,26,29). The Morgan fingerprint density at radius 2 is 1.87 bits per heavy atom. The summed E-state index contributed by atoms with van der Waals surface area (Å²) >= 11 is 1.34. The van der Waals surface area contributed by atoms with Crippen molar-refractivity contribution >= 4 is 29.0 Å². The molecule has 0 bridgehead atoms. The molecule has 3 aromatic rings. The van der Waals surface area contributed by atoms with Crippen molar-refractivity contribution in [1.82, 2.24) is 9.88 Å². The number of pyridine rings is 1. The van der Waals surface area contributed by atoms with Gasteiger partial charge in [-0.25, -0.2) is 4.98 Å². The van der Waals surface area contributed by atoms with Crippen molar-refractivity contribution in [1.29, 1.82) is 0 Å². The number of carbonyl (C=O) groups is 2. The highest BCUT2D eigenvalue weighted by molar-refractivity contribution is 7.17. The van der Waals surface area contributed by atoms with Gasteiger partial charge >= 0.3 is 0 Å². The summed E-state index contributed by atoms with van der Waals surface area (Å²) in [7, 11) is 0. The second-order valence-corrected chi connectivity index (χ2v) is 8.63. The van der Waals surface area contributed by atoms with E-state index in [1.165, 1.54) is 11.3 Å². The Kier molecular flexibility index (Phi) is 6.62. The van der Waals surface area contributed by atoms with E-state index in [2.05, 4.69) is 10.3 Å². The molecular weight excluding hydrogens is 410 g/mol. The highest BCUT2D eigenvalue weighted by atomic mass is 32.1. The number of anilines is 1. The quantitative estimate of drug-likeness (QED) is 0.606. The summed E-state index contributed by atoms with van der Waals surface area (Å²) in [5, 5.41) is 2.83. The van der Waals surface area contributed by atoms with Crippen LogP contribution >= 0.6 is 11.3 Å². The first-order chi connectivity index (χ1) is 15.1. The molecule has 160 valence electrons. The summed E-state index contributed by atoms with van der Waals surface area (Å²) < 4.78 is 5.87. The normalized spacial score (nSPS) is 13.6. The number of aryl methyl sites for hydroxylation is 1. The Labute approximate surface area is 185 Å². The number of carbonyl (C=O) groups excluding carboxylic acids is 2. The summed E-state index contributed by atoms with van der Waals surface area (Å²) in [6.45, 7) is 3.41. The third-order valence-electron chi connectivity index (χ3n) is 5.18. The number of thiophene rings is 1. The van der Waals surface area contributed by atoms with Crippen molar-refractivity contribution < 1.29 is 14.3 Å². The predicted molar refractivity (Wildman–Crippen MR) is 123 cm³/mol. The van der Waals surface area contributed by atoms with Crippen LogP contribution in [0.3, 0.4) is 0 Å². The van der Waals surface area contributed by atoms with Gasteiger partial charge in [-0.15, -0.1) is 11.3 Å². The van der Waals surface area contributed by atoms with Gasteiger partial charge in [-0.1, -0.05) is 36.4 Å². The van der Waals surface area contributed by atoms with Gasteiger partial charge in [-0.3, -0.25) is 9.59 Å². The molecule has 7 heteroatoms. The molecule has 0 atom stereocenters. The van der Waals surface area contributed by atoms with Gasteiger partial charge < -0.3 is 15.0 Å². The van der Waals surface area contributed by atoms with Crippen LogP contribution in [0.5, 0.6) is 5.75 Å². The minimum absolute atomic E-state index is 0.0429. The molecule has 1 fully saturated rings. The minimum atomic E-state index is -0.302. The van der Waals surface area contributed by atoms with Gasteiger partial charge in [-0.05, 0) is 49.4 Å². The van der Waals surface area contributed by atoms with Crippen LogP contribution in [-0.4, -0.2) is 41.4 Å². The lowest BCUT2D eigenvalue weighted by atomic mass is 10.1. The van der Waals surface area contributed by atoms with Crippen molar-refractivity contribution in [2.75, 3.05) is 25.0 Å². The summed E-state index contributed by atoms with van der Waals surface area (Å²) in [6, 6.07) is 15.3. The molecule has 0 unspecified atom stereocenters. The van der Waals surface area contributed by atoms with Crippen molar-refractivity contribution in [3.8, 4) is 16.2 Å². The molecular formula is C24H25N3O3S. The maximum absolute atomic E-state index is 13.0. The van der Waals surface area contributed by atoms with Gasteiger partial charge in [0, 0.05) is 24.2 Å². The van der Waals surface area contributed by atoms with Crippen LogP contribution in [-0.2, 0) is 4.79 Å². The molecule has 31 heavy (non-hydrogen) atoms. The smallest absolute Gasteiger partial charge is 0.270 e. The van der Waals surface area contributed by atoms with E-state index in [4.69, 9.17) is 4.74 Å². The first-order valence-corrected chi connectivity index (χ1v) is 11.3. The van der Waals surface area contributed by atoms with Crippen LogP contribution in [0.4, 0.5) is 5.82 Å². The SMILES string of the molecule is Cc1ccc(NC(=O)c2sc(-c3ccccc3)cc2OCC(=O)N2CCCCC2)nc1. The van der Waals surface area contributed by atoms with Gasteiger partial charge in [0.2, 0.25) is 0 Å². The number of likely N-dealkylation sites (tertiary alicyclic amines) is 1. The predicted octanol–water partition coefficient (Wildman–Crippen LogP) is 4.76. The van der Waals surface area contributed by atoms with E-state index < -0.39 is 0 Å². The molecule has 0 saturated carbocycles. The van der Waals surface area contributed by atoms with E-state index >= 15 is 0 Å². The number of nitrogens with one attached hydrogen (secondary N) is 1. The fourth-order valence-corrected chi connectivity index (χ4v) is 4.48. The zero-order valence-corrected chi connectivity index (χ0v) is 18.3. The fourth-order valence-electron chi connectivity index (χ4n) is 3.47. The summed E-state index contributed by atoms with van der Waals surface area (Å²) in [4.78, 5) is 33.0. The molecule has 1 N–H and O–H groups in total. The third kappa shape index (κ3) is 5.30. The molecule has 4 rings (SSSR count). The lowest BCUT2D eigenvalue weighted by Gasteiger charge is -2.26. The number of hydrogen-bond donors (Lipinski definition) is 1. The average Bonchev–Trinajstić information content (AvgIpc) is 3.25. The largest absolute Gasteiger partial charge is 0.482 e. The molecule has 0 radical (unpaired) electrons. The first kappa shape index (κ1) is 21.1.